The molecule has 83 valence electrons. The number of nitrogens with two attached hydrogens (primary N) is 1. The minimum atomic E-state index is 0.554. The Hall–Kier alpha value is -1.64. The van der Waals surface area contributed by atoms with Gasteiger partial charge in [0.15, 0.2) is 0 Å². The molecule has 1 aromatic carbocycles. The Kier molecular flexibility index (Phi) is 3.34. The first-order valence-corrected chi connectivity index (χ1v) is 5.58. The van der Waals surface area contributed by atoms with Crippen molar-refractivity contribution in [2.24, 2.45) is 0 Å². The van der Waals surface area contributed by atoms with Gasteiger partial charge in [-0.05, 0) is 37.0 Å². The van der Waals surface area contributed by atoms with Crippen molar-refractivity contribution in [2.45, 2.75) is 26.2 Å². The van der Waals surface area contributed by atoms with Crippen molar-refractivity contribution in [3.05, 3.63) is 36.5 Å². The van der Waals surface area contributed by atoms with Crippen LogP contribution in [0.15, 0.2) is 24.5 Å². The van der Waals surface area contributed by atoms with Crippen LogP contribution in [0.1, 0.15) is 25.3 Å². The molecule has 0 bridgehead atoms. The molecule has 1 aromatic heterocycles. The van der Waals surface area contributed by atoms with E-state index in [0.29, 0.717) is 5.82 Å². The van der Waals surface area contributed by atoms with E-state index < -0.39 is 0 Å². The molecule has 3 nitrogen and oxygen atoms in total. The fourth-order valence-electron chi connectivity index (χ4n) is 1.79. The number of aromatic nitrogens is 2. The molecule has 0 aliphatic carbocycles. The smallest absolute Gasteiger partial charge is 0.134 e. The number of benzene rings is 1. The molecule has 0 aliphatic rings. The first-order chi connectivity index (χ1) is 7.81. The molecule has 1 radical (unpaired) electrons. The monoisotopic (exact) mass is 214 g/mol. The van der Waals surface area contributed by atoms with Gasteiger partial charge in [-0.15, -0.1) is 0 Å². The Labute approximate surface area is 95.7 Å². The highest BCUT2D eigenvalue weighted by molar-refractivity contribution is 5.87. The van der Waals surface area contributed by atoms with Crippen LogP contribution in [0.25, 0.3) is 10.9 Å². The van der Waals surface area contributed by atoms with Crippen molar-refractivity contribution in [3.63, 3.8) is 0 Å². The van der Waals surface area contributed by atoms with E-state index >= 15 is 0 Å². The van der Waals surface area contributed by atoms with E-state index in [0.717, 1.165) is 23.7 Å². The maximum atomic E-state index is 5.77. The summed E-state index contributed by atoms with van der Waals surface area (Å²) >= 11 is 0. The molecule has 0 fully saturated rings. The number of fused-ring (bicyclic) bond motifs is 1. The first kappa shape index (κ1) is 10.9. The summed E-state index contributed by atoms with van der Waals surface area (Å²) in [5, 5.41) is 0.938. The second-order valence-corrected chi connectivity index (χ2v) is 3.91. The van der Waals surface area contributed by atoms with Gasteiger partial charge in [0.25, 0.3) is 0 Å². The van der Waals surface area contributed by atoms with Crippen LogP contribution in [-0.4, -0.2) is 9.97 Å². The summed E-state index contributed by atoms with van der Waals surface area (Å²) in [7, 11) is 0. The van der Waals surface area contributed by atoms with Crippen molar-refractivity contribution in [1.29, 1.82) is 0 Å². The quantitative estimate of drug-likeness (QED) is 0.796. The van der Waals surface area contributed by atoms with Crippen LogP contribution < -0.4 is 5.73 Å². The van der Waals surface area contributed by atoms with Crippen LogP contribution in [0.5, 0.6) is 0 Å². The number of hydrogen-bond acceptors (Lipinski definition) is 3. The largest absolute Gasteiger partial charge is 0.383 e. The second-order valence-electron chi connectivity index (χ2n) is 3.91. The Morgan fingerprint density at radius 3 is 3.00 bits per heavy atom. The van der Waals surface area contributed by atoms with E-state index in [4.69, 9.17) is 5.73 Å². The molecular weight excluding hydrogens is 198 g/mol. The first-order valence-electron chi connectivity index (χ1n) is 5.58. The summed E-state index contributed by atoms with van der Waals surface area (Å²) in [6.07, 6.45) is 7.14. The second kappa shape index (κ2) is 4.92. The molecule has 0 aliphatic heterocycles. The predicted molar refractivity (Wildman–Crippen MR) is 66.9 cm³/mol. The molecule has 3 heteroatoms. The van der Waals surface area contributed by atoms with Gasteiger partial charge in [0.2, 0.25) is 0 Å². The van der Waals surface area contributed by atoms with Crippen molar-refractivity contribution in [2.75, 3.05) is 5.73 Å². The molecule has 1 heterocycles. The van der Waals surface area contributed by atoms with Gasteiger partial charge in [-0.1, -0.05) is 19.4 Å². The minimum absolute atomic E-state index is 0.554. The van der Waals surface area contributed by atoms with E-state index in [1.807, 2.05) is 6.07 Å². The van der Waals surface area contributed by atoms with Gasteiger partial charge in [-0.3, -0.25) is 0 Å². The Morgan fingerprint density at radius 2 is 2.19 bits per heavy atom. The lowest BCUT2D eigenvalue weighted by atomic mass is 10.1. The number of nitrogen functional groups attached to an aromatic ring is 1. The zero-order chi connectivity index (χ0) is 11.4. The third kappa shape index (κ3) is 2.30. The Morgan fingerprint density at radius 1 is 1.31 bits per heavy atom. The van der Waals surface area contributed by atoms with E-state index in [2.05, 4.69) is 35.4 Å². The highest BCUT2D eigenvalue weighted by atomic mass is 14.9. The molecule has 0 unspecified atom stereocenters. The number of hydrogen-bond donors (Lipinski definition) is 1. The molecule has 0 amide bonds. The standard InChI is InChI=1S/C13H16N3/c1-2-3-4-5-10-6-7-11-12(8-10)15-9-16-13(11)14/h2,6-9H,3-5H2,1H3,(H2,14,15,16). The van der Waals surface area contributed by atoms with Crippen LogP contribution in [-0.2, 0) is 6.42 Å². The van der Waals surface area contributed by atoms with E-state index in [-0.39, 0.29) is 0 Å². The van der Waals surface area contributed by atoms with Gasteiger partial charge in [-0.2, -0.15) is 0 Å². The minimum Gasteiger partial charge on any atom is -0.383 e. The molecular formula is C13H16N3. The highest BCUT2D eigenvalue weighted by Crippen LogP contribution is 2.18. The van der Waals surface area contributed by atoms with Gasteiger partial charge in [-0.25, -0.2) is 9.97 Å². The number of nitrogens with zero attached hydrogens (tertiary/aromatic N) is 2. The molecule has 0 saturated heterocycles. The lowest BCUT2D eigenvalue weighted by Gasteiger charge is -2.04. The fourth-order valence-corrected chi connectivity index (χ4v) is 1.79. The van der Waals surface area contributed by atoms with Crippen molar-refractivity contribution >= 4 is 16.7 Å². The van der Waals surface area contributed by atoms with Crippen molar-refractivity contribution in [1.82, 2.24) is 9.97 Å². The van der Waals surface area contributed by atoms with Crippen molar-refractivity contribution < 1.29 is 0 Å². The van der Waals surface area contributed by atoms with Crippen molar-refractivity contribution in [3.8, 4) is 0 Å². The normalized spacial score (nSPS) is 10.8. The van der Waals surface area contributed by atoms with Crippen LogP contribution in [0.4, 0.5) is 5.82 Å². The summed E-state index contributed by atoms with van der Waals surface area (Å²) in [5.74, 6) is 0.554. The zero-order valence-corrected chi connectivity index (χ0v) is 9.48. The molecule has 16 heavy (non-hydrogen) atoms. The van der Waals surface area contributed by atoms with E-state index in [1.54, 1.807) is 0 Å². The molecule has 2 N–H and O–H groups in total. The Balaban J connectivity index is 2.23. The predicted octanol–water partition coefficient (Wildman–Crippen LogP) is 2.76. The number of rotatable bonds is 4. The number of unbranched alkanes of at least 4 members (excludes halogenated alkanes) is 2. The molecule has 0 saturated carbocycles. The lowest BCUT2D eigenvalue weighted by Crippen LogP contribution is -1.94. The summed E-state index contributed by atoms with van der Waals surface area (Å²) in [5.41, 5.74) is 8.02. The Bertz CT molecular complexity index is 480. The maximum absolute atomic E-state index is 5.77. The van der Waals surface area contributed by atoms with Gasteiger partial charge in [0.05, 0.1) is 5.52 Å². The number of anilines is 1. The van der Waals surface area contributed by atoms with Gasteiger partial charge >= 0.3 is 0 Å². The number of aryl methyl sites for hydroxylation is 1. The third-order valence-corrected chi connectivity index (χ3v) is 2.69. The van der Waals surface area contributed by atoms with Gasteiger partial charge < -0.3 is 5.73 Å². The molecule has 2 aromatic rings. The SMILES string of the molecule is C[CH]CCCc1ccc2c(N)ncnc2c1. The average molecular weight is 214 g/mol. The zero-order valence-electron chi connectivity index (χ0n) is 9.48. The summed E-state index contributed by atoms with van der Waals surface area (Å²) < 4.78 is 0. The van der Waals surface area contributed by atoms with E-state index in [9.17, 15) is 0 Å². The van der Waals surface area contributed by atoms with Crippen LogP contribution in [0, 0.1) is 6.42 Å². The summed E-state index contributed by atoms with van der Waals surface area (Å²) in [6.45, 7) is 2.09. The lowest BCUT2D eigenvalue weighted by molar-refractivity contribution is 0.808. The van der Waals surface area contributed by atoms with Crippen LogP contribution >= 0.6 is 0 Å². The van der Waals surface area contributed by atoms with Gasteiger partial charge in [0.1, 0.15) is 12.1 Å². The summed E-state index contributed by atoms with van der Waals surface area (Å²) in [4.78, 5) is 8.21. The van der Waals surface area contributed by atoms with Crippen LogP contribution in [0.3, 0.4) is 0 Å². The highest BCUT2D eigenvalue weighted by Gasteiger charge is 2.01. The molecule has 2 rings (SSSR count). The van der Waals surface area contributed by atoms with E-state index in [1.165, 1.54) is 18.3 Å². The summed E-state index contributed by atoms with van der Waals surface area (Å²) in [6, 6.07) is 6.22. The topological polar surface area (TPSA) is 51.8 Å². The molecule has 0 spiro atoms. The fraction of sp³-hybridized carbons (Fsp3) is 0.308. The van der Waals surface area contributed by atoms with Gasteiger partial charge in [0, 0.05) is 5.39 Å². The van der Waals surface area contributed by atoms with Crippen LogP contribution in [0.2, 0.25) is 0 Å². The maximum Gasteiger partial charge on any atom is 0.134 e. The molecule has 0 atom stereocenters. The third-order valence-electron chi connectivity index (χ3n) is 2.69. The average Bonchev–Trinajstić information content (AvgIpc) is 2.30.